The molecule has 0 aromatic heterocycles. The number of hydrogen-bond donors (Lipinski definition) is 0. The number of hydrogen-bond acceptors (Lipinski definition) is 0. The van der Waals surface area contributed by atoms with Gasteiger partial charge in [-0.2, -0.15) is 0 Å². The Morgan fingerprint density at radius 2 is 1.17 bits per heavy atom. The van der Waals surface area contributed by atoms with Crippen LogP contribution in [-0.2, 0) is 0 Å². The Morgan fingerprint density at radius 1 is 0.724 bits per heavy atom. The first-order valence-electron chi connectivity index (χ1n) is 10.7. The molecule has 0 heterocycles. The number of benzene rings is 2. The maximum atomic E-state index is 2.51. The largest absolute Gasteiger partial charge is 0.0918 e. The quantitative estimate of drug-likeness (QED) is 0.434. The van der Waals surface area contributed by atoms with Crippen LogP contribution >= 0.6 is 15.8 Å². The summed E-state index contributed by atoms with van der Waals surface area (Å²) in [6.07, 6.45) is 7.22. The third kappa shape index (κ3) is 5.10. The van der Waals surface area contributed by atoms with Crippen LogP contribution in [0.3, 0.4) is 0 Å². The van der Waals surface area contributed by atoms with Crippen molar-refractivity contribution in [2.45, 2.75) is 64.4 Å². The van der Waals surface area contributed by atoms with Crippen LogP contribution in [0.4, 0.5) is 0 Å². The molecule has 2 heteroatoms. The molecule has 0 saturated carbocycles. The number of rotatable bonds is 5. The van der Waals surface area contributed by atoms with E-state index in [4.69, 9.17) is 0 Å². The first-order chi connectivity index (χ1) is 13.6. The van der Waals surface area contributed by atoms with Gasteiger partial charge in [-0.05, 0) is 39.8 Å². The van der Waals surface area contributed by atoms with Gasteiger partial charge in [-0.15, -0.1) is 0 Å². The lowest BCUT2D eigenvalue weighted by Crippen LogP contribution is -2.34. The molecule has 0 saturated heterocycles. The molecular formula is C27H36P2. The van der Waals surface area contributed by atoms with Gasteiger partial charge in [0.15, 0.2) is 0 Å². The monoisotopic (exact) mass is 422 g/mol. The molecule has 0 spiro atoms. The first-order valence-corrected chi connectivity index (χ1v) is 13.4. The van der Waals surface area contributed by atoms with Gasteiger partial charge in [-0.1, -0.05) is 135 Å². The van der Waals surface area contributed by atoms with Crippen molar-refractivity contribution in [3.05, 3.63) is 84.2 Å². The second kappa shape index (κ2) is 8.88. The lowest BCUT2D eigenvalue weighted by molar-refractivity contribution is 0.658. The minimum Gasteiger partial charge on any atom is -0.0918 e. The second-order valence-corrected chi connectivity index (χ2v) is 16.4. The zero-order valence-electron chi connectivity index (χ0n) is 19.1. The zero-order valence-corrected chi connectivity index (χ0v) is 20.8. The molecule has 2 aromatic carbocycles. The van der Waals surface area contributed by atoms with Crippen LogP contribution in [0, 0.1) is 5.92 Å². The zero-order chi connectivity index (χ0) is 21.2. The summed E-state index contributed by atoms with van der Waals surface area (Å²) in [5.41, 5.74) is 0.646. The fourth-order valence-electron chi connectivity index (χ4n) is 5.11. The van der Waals surface area contributed by atoms with Gasteiger partial charge in [0.25, 0.3) is 0 Å². The average Bonchev–Trinajstić information content (AvgIpc) is 3.11. The van der Waals surface area contributed by atoms with Crippen LogP contribution < -0.4 is 10.6 Å². The van der Waals surface area contributed by atoms with Crippen LogP contribution in [0.1, 0.15) is 48.5 Å². The van der Waals surface area contributed by atoms with Gasteiger partial charge in [0.1, 0.15) is 0 Å². The van der Waals surface area contributed by atoms with E-state index in [2.05, 4.69) is 127 Å². The molecule has 2 atom stereocenters. The Hall–Kier alpha value is -1.22. The lowest BCUT2D eigenvalue weighted by atomic mass is 10.1. The summed E-state index contributed by atoms with van der Waals surface area (Å²) in [7, 11) is -0.697. The third-order valence-corrected chi connectivity index (χ3v) is 12.2. The minimum atomic E-state index is -0.511. The van der Waals surface area contributed by atoms with Gasteiger partial charge in [0.05, 0.1) is 0 Å². The summed E-state index contributed by atoms with van der Waals surface area (Å²) in [6.45, 7) is 17.2. The van der Waals surface area contributed by atoms with Crippen molar-refractivity contribution in [3.63, 3.8) is 0 Å². The molecule has 1 aliphatic rings. The highest BCUT2D eigenvalue weighted by Crippen LogP contribution is 2.66. The van der Waals surface area contributed by atoms with Gasteiger partial charge in [-0.25, -0.2) is 0 Å². The highest BCUT2D eigenvalue weighted by atomic mass is 31.1. The Kier molecular flexibility index (Phi) is 6.88. The standard InChI is InChI=1S/C27H36P2/c1-21(29(26(2,3)4)27(5,6)7)24-19-14-20-25(24)28(22-15-10-8-11-16-22)23-17-12-9-13-18-23/h8-21,24H,1-7H3/t21-,24?/m0/s1. The molecule has 154 valence electrons. The van der Waals surface area contributed by atoms with Crippen molar-refractivity contribution in [1.29, 1.82) is 0 Å². The molecule has 0 bridgehead atoms. The van der Waals surface area contributed by atoms with Gasteiger partial charge in [0, 0.05) is 5.92 Å². The highest BCUT2D eigenvalue weighted by molar-refractivity contribution is 7.76. The maximum absolute atomic E-state index is 2.51. The van der Waals surface area contributed by atoms with E-state index in [0.717, 1.165) is 0 Å². The Bertz CT molecular complexity index is 797. The van der Waals surface area contributed by atoms with Crippen LogP contribution in [0.25, 0.3) is 0 Å². The molecule has 1 unspecified atom stereocenters. The molecule has 0 fully saturated rings. The fraction of sp³-hybridized carbons (Fsp3) is 0.407. The van der Waals surface area contributed by atoms with Crippen molar-refractivity contribution in [2.24, 2.45) is 5.92 Å². The molecular weight excluding hydrogens is 386 g/mol. The summed E-state index contributed by atoms with van der Waals surface area (Å²) in [5.74, 6) is 0.520. The van der Waals surface area contributed by atoms with Crippen molar-refractivity contribution in [3.8, 4) is 0 Å². The van der Waals surface area contributed by atoms with Gasteiger partial charge in [-0.3, -0.25) is 0 Å². The third-order valence-electron chi connectivity index (χ3n) is 5.59. The molecule has 0 amide bonds. The average molecular weight is 423 g/mol. The smallest absolute Gasteiger partial charge is 0.00971 e. The van der Waals surface area contributed by atoms with E-state index in [1.807, 2.05) is 0 Å². The predicted octanol–water partition coefficient (Wildman–Crippen LogP) is 7.66. The Morgan fingerprint density at radius 3 is 1.59 bits per heavy atom. The van der Waals surface area contributed by atoms with Crippen LogP contribution in [-0.4, -0.2) is 16.0 Å². The molecule has 2 aromatic rings. The lowest BCUT2D eigenvalue weighted by Gasteiger charge is -2.48. The summed E-state index contributed by atoms with van der Waals surface area (Å²) in [4.78, 5) is 0. The van der Waals surface area contributed by atoms with E-state index in [0.29, 0.717) is 21.9 Å². The van der Waals surface area contributed by atoms with Crippen molar-refractivity contribution in [1.82, 2.24) is 0 Å². The van der Waals surface area contributed by atoms with E-state index >= 15 is 0 Å². The molecule has 0 N–H and O–H groups in total. The second-order valence-electron chi connectivity index (χ2n) is 9.96. The molecule has 29 heavy (non-hydrogen) atoms. The Balaban J connectivity index is 2.04. The van der Waals surface area contributed by atoms with E-state index in [1.165, 1.54) is 10.6 Å². The van der Waals surface area contributed by atoms with E-state index in [9.17, 15) is 0 Å². The van der Waals surface area contributed by atoms with E-state index in [-0.39, 0.29) is 7.92 Å². The topological polar surface area (TPSA) is 0 Å². The van der Waals surface area contributed by atoms with Gasteiger partial charge >= 0.3 is 0 Å². The molecule has 3 rings (SSSR count). The van der Waals surface area contributed by atoms with Crippen molar-refractivity contribution < 1.29 is 0 Å². The number of allylic oxidation sites excluding steroid dienone is 4. The maximum Gasteiger partial charge on any atom is 0.00971 e. The molecule has 0 aliphatic heterocycles. The van der Waals surface area contributed by atoms with Crippen LogP contribution in [0.2, 0.25) is 0 Å². The summed E-state index contributed by atoms with van der Waals surface area (Å²) in [5, 5.41) is 5.19. The van der Waals surface area contributed by atoms with E-state index in [1.54, 1.807) is 5.31 Å². The Labute approximate surface area is 181 Å². The van der Waals surface area contributed by atoms with Crippen LogP contribution in [0.5, 0.6) is 0 Å². The van der Waals surface area contributed by atoms with Crippen molar-refractivity contribution in [2.75, 3.05) is 0 Å². The van der Waals surface area contributed by atoms with Gasteiger partial charge in [0.2, 0.25) is 0 Å². The molecule has 0 nitrogen and oxygen atoms in total. The SMILES string of the molecule is C[C@@H](C1C=CC=C1P(c1ccccc1)c1ccccc1)P(C(C)(C)C)C(C)(C)C. The fourth-order valence-corrected chi connectivity index (χ4v) is 12.9. The normalized spacial score (nSPS) is 18.4. The van der Waals surface area contributed by atoms with E-state index < -0.39 is 7.92 Å². The van der Waals surface area contributed by atoms with Crippen LogP contribution in [0.15, 0.2) is 84.2 Å². The minimum absolute atomic E-state index is 0.186. The van der Waals surface area contributed by atoms with Crippen molar-refractivity contribution >= 4 is 26.5 Å². The molecule has 0 radical (unpaired) electrons. The van der Waals surface area contributed by atoms with Gasteiger partial charge < -0.3 is 0 Å². The summed E-state index contributed by atoms with van der Waals surface area (Å²) in [6, 6.07) is 22.3. The summed E-state index contributed by atoms with van der Waals surface area (Å²) >= 11 is 0. The predicted molar refractivity (Wildman–Crippen MR) is 136 cm³/mol. The first kappa shape index (κ1) is 22.5. The summed E-state index contributed by atoms with van der Waals surface area (Å²) < 4.78 is 0. The molecule has 1 aliphatic carbocycles. The highest BCUT2D eigenvalue weighted by Gasteiger charge is 2.42.